The Morgan fingerprint density at radius 1 is 1.32 bits per heavy atom. The van der Waals surface area contributed by atoms with Crippen molar-refractivity contribution in [2.24, 2.45) is 0 Å². The molecule has 4 rings (SSSR count). The van der Waals surface area contributed by atoms with E-state index in [-0.39, 0.29) is 11.3 Å². The lowest BCUT2D eigenvalue weighted by atomic mass is 10.2. The van der Waals surface area contributed by atoms with Crippen LogP contribution in [0.1, 0.15) is 30.2 Å². The standard InChI is InChI=1S/C16H19FN4S/c1-10-14-12(6-7-18-10)19-16(22-14)11-4-5-13(20-15(11)17)21-8-2-3-9-21/h4-5,16,18-19H,1-3,6-9H2. The first-order chi connectivity index (χ1) is 10.7. The maximum atomic E-state index is 14.5. The number of rotatable bonds is 2. The number of hydrogen-bond donors (Lipinski definition) is 2. The molecule has 1 unspecified atom stereocenters. The Balaban J connectivity index is 1.55. The first-order valence-electron chi connectivity index (χ1n) is 7.73. The Hall–Kier alpha value is -1.69. The average Bonchev–Trinajstić information content (AvgIpc) is 3.17. The van der Waals surface area contributed by atoms with Gasteiger partial charge < -0.3 is 15.5 Å². The summed E-state index contributed by atoms with van der Waals surface area (Å²) >= 11 is 1.62. The van der Waals surface area contributed by atoms with Gasteiger partial charge in [0.05, 0.1) is 4.91 Å². The van der Waals surface area contributed by atoms with Crippen molar-refractivity contribution in [3.05, 3.63) is 46.5 Å². The fraction of sp³-hybridized carbons (Fsp3) is 0.438. The third kappa shape index (κ3) is 2.35. The molecule has 1 fully saturated rings. The molecule has 1 aromatic heterocycles. The van der Waals surface area contributed by atoms with Crippen LogP contribution in [0.5, 0.6) is 0 Å². The van der Waals surface area contributed by atoms with E-state index in [1.807, 2.05) is 12.1 Å². The third-order valence-electron chi connectivity index (χ3n) is 4.38. The van der Waals surface area contributed by atoms with E-state index in [2.05, 4.69) is 27.1 Å². The summed E-state index contributed by atoms with van der Waals surface area (Å²) in [5.74, 6) is 0.387. The fourth-order valence-electron chi connectivity index (χ4n) is 3.19. The highest BCUT2D eigenvalue weighted by molar-refractivity contribution is 8.03. The Morgan fingerprint density at radius 3 is 2.86 bits per heavy atom. The van der Waals surface area contributed by atoms with Crippen LogP contribution in [0.4, 0.5) is 10.2 Å². The van der Waals surface area contributed by atoms with Crippen LogP contribution in [-0.2, 0) is 0 Å². The average molecular weight is 318 g/mol. The van der Waals surface area contributed by atoms with Gasteiger partial charge in [-0.3, -0.25) is 0 Å². The van der Waals surface area contributed by atoms with Crippen LogP contribution in [-0.4, -0.2) is 24.6 Å². The SMILES string of the molecule is C=C1NCCC2=C1SC(c1ccc(N3CCCC3)nc1F)N2. The summed E-state index contributed by atoms with van der Waals surface area (Å²) < 4.78 is 14.5. The molecule has 0 aliphatic carbocycles. The minimum Gasteiger partial charge on any atom is -0.384 e. The molecule has 1 aromatic rings. The summed E-state index contributed by atoms with van der Waals surface area (Å²) in [5.41, 5.74) is 2.72. The van der Waals surface area contributed by atoms with Crippen molar-refractivity contribution >= 4 is 17.6 Å². The fourth-order valence-corrected chi connectivity index (χ4v) is 4.45. The monoisotopic (exact) mass is 318 g/mol. The second kappa shape index (κ2) is 5.50. The quantitative estimate of drug-likeness (QED) is 0.821. The number of nitrogens with one attached hydrogen (secondary N) is 2. The second-order valence-corrected chi connectivity index (χ2v) is 6.96. The molecule has 3 aliphatic heterocycles. The van der Waals surface area contributed by atoms with E-state index in [1.54, 1.807) is 11.8 Å². The van der Waals surface area contributed by atoms with E-state index in [0.717, 1.165) is 55.3 Å². The largest absolute Gasteiger partial charge is 0.384 e. The van der Waals surface area contributed by atoms with Gasteiger partial charge in [-0.1, -0.05) is 18.3 Å². The molecule has 1 atom stereocenters. The molecule has 4 nitrogen and oxygen atoms in total. The minimum absolute atomic E-state index is 0.109. The first kappa shape index (κ1) is 13.9. The Morgan fingerprint density at radius 2 is 2.14 bits per heavy atom. The predicted octanol–water partition coefficient (Wildman–Crippen LogP) is 2.87. The number of nitrogens with zero attached hydrogens (tertiary/aromatic N) is 2. The van der Waals surface area contributed by atoms with Gasteiger partial charge in [-0.05, 0) is 25.0 Å². The number of aromatic nitrogens is 1. The molecule has 0 radical (unpaired) electrons. The molecule has 2 N–H and O–H groups in total. The van der Waals surface area contributed by atoms with Crippen molar-refractivity contribution in [1.29, 1.82) is 0 Å². The Kier molecular flexibility index (Phi) is 3.48. The van der Waals surface area contributed by atoms with Crippen LogP contribution in [0.3, 0.4) is 0 Å². The highest BCUT2D eigenvalue weighted by Gasteiger charge is 2.31. The highest BCUT2D eigenvalue weighted by atomic mass is 32.2. The van der Waals surface area contributed by atoms with E-state index >= 15 is 0 Å². The molecule has 1 saturated heterocycles. The number of pyridine rings is 1. The summed E-state index contributed by atoms with van der Waals surface area (Å²) in [4.78, 5) is 7.46. The van der Waals surface area contributed by atoms with Crippen LogP contribution in [0.25, 0.3) is 0 Å². The van der Waals surface area contributed by atoms with Crippen LogP contribution < -0.4 is 15.5 Å². The molecule has 0 bridgehead atoms. The van der Waals surface area contributed by atoms with Gasteiger partial charge in [-0.25, -0.2) is 4.98 Å². The van der Waals surface area contributed by atoms with Gasteiger partial charge in [0.2, 0.25) is 5.95 Å². The summed E-state index contributed by atoms with van der Waals surface area (Å²) in [6, 6.07) is 3.81. The molecule has 0 amide bonds. The molecule has 6 heteroatoms. The zero-order valence-electron chi connectivity index (χ0n) is 12.4. The topological polar surface area (TPSA) is 40.2 Å². The van der Waals surface area contributed by atoms with E-state index in [9.17, 15) is 4.39 Å². The van der Waals surface area contributed by atoms with Crippen LogP contribution >= 0.6 is 11.8 Å². The number of anilines is 1. The maximum absolute atomic E-state index is 14.5. The summed E-state index contributed by atoms with van der Waals surface area (Å²) in [5, 5.41) is 6.57. The number of halogens is 1. The lowest BCUT2D eigenvalue weighted by Crippen LogP contribution is -2.24. The molecular formula is C16H19FN4S. The van der Waals surface area contributed by atoms with Gasteiger partial charge in [0.1, 0.15) is 11.2 Å². The normalized spacial score (nSPS) is 24.3. The van der Waals surface area contributed by atoms with Gasteiger partial charge in [-0.2, -0.15) is 4.39 Å². The summed E-state index contributed by atoms with van der Waals surface area (Å²) in [7, 11) is 0. The van der Waals surface area contributed by atoms with Crippen LogP contribution in [0.2, 0.25) is 0 Å². The zero-order valence-corrected chi connectivity index (χ0v) is 13.2. The van der Waals surface area contributed by atoms with Gasteiger partial charge in [0.25, 0.3) is 0 Å². The van der Waals surface area contributed by atoms with Crippen molar-refractivity contribution in [2.75, 3.05) is 24.5 Å². The van der Waals surface area contributed by atoms with Crippen LogP contribution in [0, 0.1) is 5.95 Å². The molecule has 22 heavy (non-hydrogen) atoms. The van der Waals surface area contributed by atoms with Crippen molar-refractivity contribution in [3.63, 3.8) is 0 Å². The van der Waals surface area contributed by atoms with E-state index < -0.39 is 0 Å². The van der Waals surface area contributed by atoms with Gasteiger partial charge in [-0.15, -0.1) is 0 Å². The van der Waals surface area contributed by atoms with Crippen LogP contribution in [0.15, 0.2) is 35.0 Å². The minimum atomic E-state index is -0.368. The zero-order chi connectivity index (χ0) is 15.1. The Bertz CT molecular complexity index is 652. The summed E-state index contributed by atoms with van der Waals surface area (Å²) in [6.45, 7) is 6.86. The van der Waals surface area contributed by atoms with Crippen molar-refractivity contribution < 1.29 is 4.39 Å². The van der Waals surface area contributed by atoms with Crippen molar-refractivity contribution in [2.45, 2.75) is 24.6 Å². The molecule has 116 valence electrons. The van der Waals surface area contributed by atoms with E-state index in [4.69, 9.17) is 0 Å². The molecule has 4 heterocycles. The third-order valence-corrected chi connectivity index (χ3v) is 5.71. The molecule has 3 aliphatic rings. The lowest BCUT2D eigenvalue weighted by molar-refractivity contribution is 0.555. The second-order valence-electron chi connectivity index (χ2n) is 5.85. The van der Waals surface area contributed by atoms with Crippen molar-refractivity contribution in [1.82, 2.24) is 15.6 Å². The molecular weight excluding hydrogens is 299 g/mol. The van der Waals surface area contributed by atoms with E-state index in [1.165, 1.54) is 5.70 Å². The number of thioether (sulfide) groups is 1. The molecule has 0 saturated carbocycles. The predicted molar refractivity (Wildman–Crippen MR) is 87.9 cm³/mol. The van der Waals surface area contributed by atoms with Crippen molar-refractivity contribution in [3.8, 4) is 0 Å². The highest BCUT2D eigenvalue weighted by Crippen LogP contribution is 2.45. The van der Waals surface area contributed by atoms with Gasteiger partial charge in [0, 0.05) is 43.0 Å². The maximum Gasteiger partial charge on any atom is 0.220 e. The Labute approximate surface area is 133 Å². The lowest BCUT2D eigenvalue weighted by Gasteiger charge is -2.18. The van der Waals surface area contributed by atoms with Gasteiger partial charge >= 0.3 is 0 Å². The van der Waals surface area contributed by atoms with Gasteiger partial charge in [0.15, 0.2) is 0 Å². The summed E-state index contributed by atoms with van der Waals surface area (Å²) in [6.07, 6.45) is 3.26. The first-order valence-corrected chi connectivity index (χ1v) is 8.61. The van der Waals surface area contributed by atoms with E-state index in [0.29, 0.717) is 5.56 Å². The smallest absolute Gasteiger partial charge is 0.220 e. The molecule has 0 aromatic carbocycles. The number of hydrogen-bond acceptors (Lipinski definition) is 5. The molecule has 0 spiro atoms.